The van der Waals surface area contributed by atoms with Crippen LogP contribution < -0.4 is 0 Å². The molecule has 0 saturated heterocycles. The van der Waals surface area contributed by atoms with Crippen molar-refractivity contribution in [2.24, 2.45) is 0 Å². The molecule has 0 N–H and O–H groups in total. The fraction of sp³-hybridized carbons (Fsp3) is 0. The van der Waals surface area contributed by atoms with Crippen LogP contribution in [0.1, 0.15) is 0 Å². The van der Waals surface area contributed by atoms with Gasteiger partial charge in [0.2, 0.25) is 5.71 Å². The van der Waals surface area contributed by atoms with Gasteiger partial charge in [-0.15, -0.1) is 0 Å². The average molecular weight is 667 g/mol. The van der Waals surface area contributed by atoms with Crippen molar-refractivity contribution in [1.29, 1.82) is 0 Å². The third-order valence-corrected chi connectivity index (χ3v) is 9.97. The summed E-state index contributed by atoms with van der Waals surface area (Å²) in [5.41, 5.74) is 7.82. The SMILES string of the molecule is c1ccc2cc(-c3nc(-c4cc(-c5cccc6oc7ncccc7c56)c5ccccc5c4)nc(-c4cccc5oc6ccccc6c45)n3)ccc2c1. The minimum atomic E-state index is 0.578. The summed E-state index contributed by atoms with van der Waals surface area (Å²) in [6.07, 6.45) is 1.76. The molecule has 0 bridgehead atoms. The van der Waals surface area contributed by atoms with E-state index in [1.165, 1.54) is 0 Å². The van der Waals surface area contributed by atoms with Gasteiger partial charge in [0.25, 0.3) is 0 Å². The number of benzene rings is 7. The molecule has 7 aromatic carbocycles. The summed E-state index contributed by atoms with van der Waals surface area (Å²) in [4.78, 5) is 20.1. The molecule has 52 heavy (non-hydrogen) atoms. The van der Waals surface area contributed by atoms with E-state index in [4.69, 9.17) is 23.8 Å². The Labute approximate surface area is 296 Å². The molecule has 11 aromatic rings. The highest BCUT2D eigenvalue weighted by Crippen LogP contribution is 2.41. The second-order valence-corrected chi connectivity index (χ2v) is 13.0. The van der Waals surface area contributed by atoms with Crippen LogP contribution in [0.2, 0.25) is 0 Å². The van der Waals surface area contributed by atoms with Gasteiger partial charge >= 0.3 is 0 Å². The van der Waals surface area contributed by atoms with Crippen LogP contribution in [0.5, 0.6) is 0 Å². The Balaban J connectivity index is 1.20. The zero-order valence-corrected chi connectivity index (χ0v) is 27.6. The number of furan rings is 2. The molecule has 4 aromatic heterocycles. The summed E-state index contributed by atoms with van der Waals surface area (Å²) in [7, 11) is 0. The summed E-state index contributed by atoms with van der Waals surface area (Å²) >= 11 is 0. The summed E-state index contributed by atoms with van der Waals surface area (Å²) in [5, 5.41) is 8.48. The molecule has 0 aliphatic rings. The number of fused-ring (bicyclic) bond motifs is 8. The Bertz CT molecular complexity index is 3210. The molecule has 6 nitrogen and oxygen atoms in total. The number of aromatic nitrogens is 4. The monoisotopic (exact) mass is 666 g/mol. The Morgan fingerprint density at radius 2 is 1.00 bits per heavy atom. The van der Waals surface area contributed by atoms with E-state index in [-0.39, 0.29) is 0 Å². The number of pyridine rings is 1. The number of nitrogens with zero attached hydrogens (tertiary/aromatic N) is 4. The molecule has 0 aliphatic carbocycles. The molecule has 0 fully saturated rings. The predicted molar refractivity (Wildman–Crippen MR) is 209 cm³/mol. The van der Waals surface area contributed by atoms with Crippen LogP contribution in [0.3, 0.4) is 0 Å². The maximum atomic E-state index is 6.28. The predicted octanol–water partition coefficient (Wildman–Crippen LogP) is 12.0. The minimum Gasteiger partial charge on any atom is -0.456 e. The zero-order chi connectivity index (χ0) is 34.2. The first-order chi connectivity index (χ1) is 25.7. The van der Waals surface area contributed by atoms with Crippen LogP contribution in [0.15, 0.2) is 167 Å². The summed E-state index contributed by atoms with van der Waals surface area (Å²) in [6, 6.07) is 51.9. The van der Waals surface area contributed by atoms with Gasteiger partial charge in [-0.25, -0.2) is 19.9 Å². The van der Waals surface area contributed by atoms with Gasteiger partial charge in [-0.05, 0) is 81.2 Å². The third-order valence-electron chi connectivity index (χ3n) is 9.97. The van der Waals surface area contributed by atoms with E-state index in [1.54, 1.807) is 6.20 Å². The number of para-hydroxylation sites is 1. The van der Waals surface area contributed by atoms with Crippen molar-refractivity contribution in [2.75, 3.05) is 0 Å². The molecule has 0 aliphatic heterocycles. The van der Waals surface area contributed by atoms with Crippen LogP contribution >= 0.6 is 0 Å². The summed E-state index contributed by atoms with van der Waals surface area (Å²) in [5.74, 6) is 1.75. The fourth-order valence-electron chi connectivity index (χ4n) is 7.59. The van der Waals surface area contributed by atoms with Gasteiger partial charge < -0.3 is 8.83 Å². The van der Waals surface area contributed by atoms with Crippen molar-refractivity contribution in [1.82, 2.24) is 19.9 Å². The second-order valence-electron chi connectivity index (χ2n) is 13.0. The molecule has 11 rings (SSSR count). The summed E-state index contributed by atoms with van der Waals surface area (Å²) < 4.78 is 12.5. The maximum absolute atomic E-state index is 6.28. The molecule has 0 atom stereocenters. The molecule has 0 radical (unpaired) electrons. The lowest BCUT2D eigenvalue weighted by Gasteiger charge is -2.13. The van der Waals surface area contributed by atoms with Crippen LogP contribution in [-0.4, -0.2) is 19.9 Å². The fourth-order valence-corrected chi connectivity index (χ4v) is 7.59. The van der Waals surface area contributed by atoms with Gasteiger partial charge in [0, 0.05) is 44.4 Å². The van der Waals surface area contributed by atoms with E-state index in [0.29, 0.717) is 23.2 Å². The van der Waals surface area contributed by atoms with Crippen molar-refractivity contribution >= 4 is 65.6 Å². The average Bonchev–Trinajstić information content (AvgIpc) is 3.79. The van der Waals surface area contributed by atoms with Crippen LogP contribution in [0, 0.1) is 0 Å². The van der Waals surface area contributed by atoms with Gasteiger partial charge in [0.1, 0.15) is 16.7 Å². The first-order valence-corrected chi connectivity index (χ1v) is 17.2. The van der Waals surface area contributed by atoms with Gasteiger partial charge in [0.15, 0.2) is 17.5 Å². The Morgan fingerprint density at radius 3 is 1.88 bits per heavy atom. The second kappa shape index (κ2) is 11.2. The first kappa shape index (κ1) is 28.6. The van der Waals surface area contributed by atoms with Gasteiger partial charge in [0.05, 0.1) is 0 Å². The Morgan fingerprint density at radius 1 is 0.365 bits per heavy atom. The highest BCUT2D eigenvalue weighted by Gasteiger charge is 2.20. The Kier molecular flexibility index (Phi) is 6.15. The van der Waals surface area contributed by atoms with E-state index in [1.807, 2.05) is 48.5 Å². The molecule has 242 valence electrons. The van der Waals surface area contributed by atoms with Gasteiger partial charge in [-0.2, -0.15) is 0 Å². The molecular weight excluding hydrogens is 641 g/mol. The quantitative estimate of drug-likeness (QED) is 0.186. The lowest BCUT2D eigenvalue weighted by atomic mass is 9.92. The molecule has 0 unspecified atom stereocenters. The van der Waals surface area contributed by atoms with Crippen molar-refractivity contribution in [3.63, 3.8) is 0 Å². The van der Waals surface area contributed by atoms with Gasteiger partial charge in [-0.3, -0.25) is 0 Å². The lowest BCUT2D eigenvalue weighted by Crippen LogP contribution is -2.01. The van der Waals surface area contributed by atoms with Crippen LogP contribution in [-0.2, 0) is 0 Å². The van der Waals surface area contributed by atoms with E-state index in [2.05, 4.69) is 108 Å². The highest BCUT2D eigenvalue weighted by molar-refractivity contribution is 6.15. The molecular formula is C46H26N4O2. The first-order valence-electron chi connectivity index (χ1n) is 17.2. The minimum absolute atomic E-state index is 0.578. The van der Waals surface area contributed by atoms with E-state index < -0.39 is 0 Å². The number of hydrogen-bond acceptors (Lipinski definition) is 6. The topological polar surface area (TPSA) is 77.8 Å². The van der Waals surface area contributed by atoms with E-state index in [9.17, 15) is 0 Å². The molecule has 6 heteroatoms. The zero-order valence-electron chi connectivity index (χ0n) is 27.6. The van der Waals surface area contributed by atoms with Crippen LogP contribution in [0.4, 0.5) is 0 Å². The smallest absolute Gasteiger partial charge is 0.227 e. The standard InChI is InChI=1S/C46H26N4O2/c1-2-11-28-24-30(22-21-27(28)10-1)43-48-44(50-45(49-43)35-16-8-19-39-42(35)34-14-5-6-18-38(34)51-39)31-25-29-12-3-4-13-32(29)37(26-31)33-15-7-20-40-41(33)36-17-9-23-47-46(36)52-40/h1-26H. The largest absolute Gasteiger partial charge is 0.456 e. The lowest BCUT2D eigenvalue weighted by molar-refractivity contribution is 0.654. The normalized spacial score (nSPS) is 11.8. The maximum Gasteiger partial charge on any atom is 0.227 e. The van der Waals surface area contributed by atoms with Crippen molar-refractivity contribution in [3.05, 3.63) is 158 Å². The summed E-state index contributed by atoms with van der Waals surface area (Å²) in [6.45, 7) is 0. The molecule has 0 amide bonds. The molecule has 0 saturated carbocycles. The number of rotatable bonds is 4. The van der Waals surface area contributed by atoms with Crippen LogP contribution in [0.25, 0.3) is 111 Å². The van der Waals surface area contributed by atoms with Crippen molar-refractivity contribution in [3.8, 4) is 45.3 Å². The third kappa shape index (κ3) is 4.44. The highest BCUT2D eigenvalue weighted by atomic mass is 16.3. The van der Waals surface area contributed by atoms with E-state index >= 15 is 0 Å². The molecule has 0 spiro atoms. The molecule has 4 heterocycles. The number of hydrogen-bond donors (Lipinski definition) is 0. The van der Waals surface area contributed by atoms with Gasteiger partial charge in [-0.1, -0.05) is 103 Å². The van der Waals surface area contributed by atoms with Crippen molar-refractivity contribution < 1.29 is 8.83 Å². The Hall–Kier alpha value is -7.18. The van der Waals surface area contributed by atoms with E-state index in [0.717, 1.165) is 87.7 Å². The van der Waals surface area contributed by atoms with Crippen molar-refractivity contribution in [2.45, 2.75) is 0 Å².